The molecule has 25 heavy (non-hydrogen) atoms. The molecule has 0 aromatic heterocycles. The van der Waals surface area contributed by atoms with Crippen LogP contribution in [0.15, 0.2) is 24.3 Å². The summed E-state index contributed by atoms with van der Waals surface area (Å²) in [6.07, 6.45) is 0. The van der Waals surface area contributed by atoms with Crippen molar-refractivity contribution in [3.63, 3.8) is 0 Å². The van der Waals surface area contributed by atoms with Crippen molar-refractivity contribution in [2.75, 3.05) is 41.4 Å². The molecule has 1 rings (SSSR count). The van der Waals surface area contributed by atoms with Gasteiger partial charge in [-0.15, -0.1) is 0 Å². The Morgan fingerprint density at radius 1 is 1.00 bits per heavy atom. The van der Waals surface area contributed by atoms with Crippen molar-refractivity contribution in [1.82, 2.24) is 9.80 Å². The van der Waals surface area contributed by atoms with Gasteiger partial charge in [0.2, 0.25) is 0 Å². The number of aliphatic hydroxyl groups is 1. The molecule has 0 amide bonds. The Morgan fingerprint density at radius 3 is 1.72 bits per heavy atom. The summed E-state index contributed by atoms with van der Waals surface area (Å²) in [5.41, 5.74) is -0.0777. The van der Waals surface area contributed by atoms with E-state index in [0.717, 1.165) is 0 Å². The van der Waals surface area contributed by atoms with Gasteiger partial charge in [-0.25, -0.2) is 0 Å². The first-order valence-corrected chi connectivity index (χ1v) is 8.16. The van der Waals surface area contributed by atoms with Gasteiger partial charge in [0.1, 0.15) is 12.4 Å². The lowest BCUT2D eigenvalue weighted by atomic mass is 10.1. The van der Waals surface area contributed by atoms with Crippen LogP contribution in [0.25, 0.3) is 0 Å². The molecule has 0 fully saturated rings. The van der Waals surface area contributed by atoms with Crippen LogP contribution in [0.5, 0.6) is 5.75 Å². The Bertz CT molecular complexity index is 526. The van der Waals surface area contributed by atoms with E-state index < -0.39 is 4.92 Å². The van der Waals surface area contributed by atoms with Crippen LogP contribution in [-0.4, -0.2) is 72.3 Å². The summed E-state index contributed by atoms with van der Waals surface area (Å²) in [5.74, 6) is 0.644. The summed E-state index contributed by atoms with van der Waals surface area (Å²) >= 11 is 0. The first kappa shape index (κ1) is 23.3. The van der Waals surface area contributed by atoms with Gasteiger partial charge in [-0.2, -0.15) is 0 Å². The predicted octanol–water partition coefficient (Wildman–Crippen LogP) is 2.63. The molecule has 0 saturated heterocycles. The van der Waals surface area contributed by atoms with E-state index in [1.807, 2.05) is 46.9 Å². The molecule has 0 bridgehead atoms. The van der Waals surface area contributed by atoms with Crippen LogP contribution < -0.4 is 4.74 Å². The number of nitro benzene ring substituents is 1. The Hall–Kier alpha value is -1.70. The van der Waals surface area contributed by atoms with Crippen LogP contribution in [0.4, 0.5) is 5.69 Å². The van der Waals surface area contributed by atoms with Crippen LogP contribution in [0.1, 0.15) is 27.7 Å². The Kier molecular flexibility index (Phi) is 9.04. The second-order valence-electron chi connectivity index (χ2n) is 7.61. The summed E-state index contributed by atoms with van der Waals surface area (Å²) in [5, 5.41) is 19.2. The van der Waals surface area contributed by atoms with Crippen molar-refractivity contribution in [1.29, 1.82) is 0 Å². The van der Waals surface area contributed by atoms with Gasteiger partial charge in [-0.05, 0) is 68.0 Å². The minimum Gasteiger partial charge on any atom is -0.492 e. The highest BCUT2D eigenvalue weighted by atomic mass is 16.6. The highest BCUT2D eigenvalue weighted by Crippen LogP contribution is 2.19. The molecular weight excluding hydrogens is 322 g/mol. The molecule has 144 valence electrons. The maximum absolute atomic E-state index is 10.5. The lowest BCUT2D eigenvalue weighted by Gasteiger charge is -2.32. The van der Waals surface area contributed by atoms with E-state index >= 15 is 0 Å². The van der Waals surface area contributed by atoms with Gasteiger partial charge in [-0.1, -0.05) is 0 Å². The number of nitrogens with zero attached hydrogens (tertiary/aromatic N) is 3. The molecule has 0 saturated carbocycles. The number of likely N-dealkylation sites (N-methyl/N-ethyl adjacent to an activating group) is 2. The first-order valence-electron chi connectivity index (χ1n) is 8.16. The first-order chi connectivity index (χ1) is 11.3. The molecule has 0 heterocycles. The second-order valence-corrected chi connectivity index (χ2v) is 7.61. The summed E-state index contributed by atoms with van der Waals surface area (Å²) in [7, 11) is 7.88. The van der Waals surface area contributed by atoms with Crippen molar-refractivity contribution in [2.45, 2.75) is 38.8 Å². The molecular formula is C18H33N3O4. The Labute approximate surface area is 151 Å². The number of aliphatic hydroxyl groups excluding tert-OH is 1. The van der Waals surface area contributed by atoms with Crippen molar-refractivity contribution in [3.05, 3.63) is 34.4 Å². The van der Waals surface area contributed by atoms with E-state index in [2.05, 4.69) is 18.7 Å². The van der Waals surface area contributed by atoms with Gasteiger partial charge in [0.25, 0.3) is 5.69 Å². The largest absolute Gasteiger partial charge is 0.492 e. The number of hydrogen-bond donors (Lipinski definition) is 1. The minimum atomic E-state index is -0.423. The summed E-state index contributed by atoms with van der Waals surface area (Å²) in [6.45, 7) is 8.86. The monoisotopic (exact) mass is 355 g/mol. The number of hydrogen-bond acceptors (Lipinski definition) is 6. The van der Waals surface area contributed by atoms with E-state index in [-0.39, 0.29) is 23.4 Å². The van der Waals surface area contributed by atoms with Crippen molar-refractivity contribution >= 4 is 5.69 Å². The number of ether oxygens (including phenoxy) is 1. The number of benzene rings is 1. The standard InChI is InChI=1S/C12H18N2O3.C6H15NO/c1-12(2,13(3)4)9-17-11-7-5-10(6-8-11)14(15)16;1-6(2,5-8)7(3)4/h5-8H,9H2,1-4H3;8H,5H2,1-4H3. The maximum Gasteiger partial charge on any atom is 0.269 e. The topological polar surface area (TPSA) is 79.1 Å². The zero-order valence-electron chi connectivity index (χ0n) is 16.7. The van der Waals surface area contributed by atoms with Gasteiger partial charge < -0.3 is 19.6 Å². The Morgan fingerprint density at radius 2 is 1.44 bits per heavy atom. The fourth-order valence-electron chi connectivity index (χ4n) is 1.19. The summed E-state index contributed by atoms with van der Waals surface area (Å²) < 4.78 is 5.60. The number of non-ortho nitro benzene ring substituents is 1. The maximum atomic E-state index is 10.5. The number of nitro groups is 1. The predicted molar refractivity (Wildman–Crippen MR) is 101 cm³/mol. The highest BCUT2D eigenvalue weighted by Gasteiger charge is 2.21. The van der Waals surface area contributed by atoms with Gasteiger partial charge in [0.15, 0.2) is 0 Å². The van der Waals surface area contributed by atoms with Crippen molar-refractivity contribution in [2.24, 2.45) is 0 Å². The zero-order chi connectivity index (χ0) is 19.8. The third-order valence-electron chi connectivity index (χ3n) is 4.45. The van der Waals surface area contributed by atoms with Crippen molar-refractivity contribution < 1.29 is 14.8 Å². The van der Waals surface area contributed by atoms with Gasteiger partial charge in [-0.3, -0.25) is 10.1 Å². The third-order valence-corrected chi connectivity index (χ3v) is 4.45. The van der Waals surface area contributed by atoms with Crippen LogP contribution >= 0.6 is 0 Å². The molecule has 7 heteroatoms. The smallest absolute Gasteiger partial charge is 0.269 e. The minimum absolute atomic E-state index is 0.0694. The molecule has 0 aliphatic rings. The van der Waals surface area contributed by atoms with Gasteiger partial charge in [0, 0.05) is 23.2 Å². The fraction of sp³-hybridized carbons (Fsp3) is 0.667. The van der Waals surface area contributed by atoms with E-state index in [4.69, 9.17) is 9.84 Å². The van der Waals surface area contributed by atoms with E-state index in [9.17, 15) is 10.1 Å². The normalized spacial score (nSPS) is 12.0. The molecule has 1 aromatic rings. The summed E-state index contributed by atoms with van der Waals surface area (Å²) in [4.78, 5) is 14.1. The third kappa shape index (κ3) is 8.29. The molecule has 0 unspecified atom stereocenters. The quantitative estimate of drug-likeness (QED) is 0.598. The molecule has 0 aliphatic heterocycles. The lowest BCUT2D eigenvalue weighted by Crippen LogP contribution is -2.43. The lowest BCUT2D eigenvalue weighted by molar-refractivity contribution is -0.384. The SMILES string of the molecule is CN(C)C(C)(C)CO.CN(C)C(C)(C)COc1ccc([N+](=O)[O-])cc1. The van der Waals surface area contributed by atoms with Crippen LogP contribution in [-0.2, 0) is 0 Å². The second kappa shape index (κ2) is 9.70. The molecule has 0 aliphatic carbocycles. The zero-order valence-corrected chi connectivity index (χ0v) is 16.7. The average Bonchev–Trinajstić information content (AvgIpc) is 2.53. The molecule has 0 radical (unpaired) electrons. The van der Waals surface area contributed by atoms with Crippen LogP contribution in [0.2, 0.25) is 0 Å². The van der Waals surface area contributed by atoms with Crippen LogP contribution in [0, 0.1) is 10.1 Å². The number of rotatable bonds is 7. The van der Waals surface area contributed by atoms with Crippen LogP contribution in [0.3, 0.4) is 0 Å². The molecule has 0 spiro atoms. The molecule has 1 N–H and O–H groups in total. The van der Waals surface area contributed by atoms with E-state index in [1.54, 1.807) is 12.1 Å². The van der Waals surface area contributed by atoms with Gasteiger partial charge in [0.05, 0.1) is 11.5 Å². The molecule has 7 nitrogen and oxygen atoms in total. The summed E-state index contributed by atoms with van der Waals surface area (Å²) in [6, 6.07) is 6.11. The van der Waals surface area contributed by atoms with E-state index in [0.29, 0.717) is 12.4 Å². The fourth-order valence-corrected chi connectivity index (χ4v) is 1.19. The molecule has 0 atom stereocenters. The molecule has 1 aromatic carbocycles. The average molecular weight is 355 g/mol. The van der Waals surface area contributed by atoms with E-state index in [1.165, 1.54) is 12.1 Å². The highest BCUT2D eigenvalue weighted by molar-refractivity contribution is 5.36. The van der Waals surface area contributed by atoms with Crippen molar-refractivity contribution in [3.8, 4) is 5.75 Å². The Balaban J connectivity index is 0.000000609. The van der Waals surface area contributed by atoms with Gasteiger partial charge >= 0.3 is 0 Å².